The Morgan fingerprint density at radius 3 is 2.41 bits per heavy atom. The van der Waals surface area contributed by atoms with Gasteiger partial charge in [-0.2, -0.15) is 0 Å². The van der Waals surface area contributed by atoms with Crippen LogP contribution in [0.4, 0.5) is 5.69 Å². The lowest BCUT2D eigenvalue weighted by Crippen LogP contribution is -2.28. The summed E-state index contributed by atoms with van der Waals surface area (Å²) in [6.45, 7) is 4.18. The van der Waals surface area contributed by atoms with Gasteiger partial charge in [0.15, 0.2) is 0 Å². The van der Waals surface area contributed by atoms with E-state index in [0.717, 1.165) is 36.9 Å². The van der Waals surface area contributed by atoms with E-state index in [1.807, 2.05) is 24.3 Å². The smallest absolute Gasteiger partial charge is 0.303 e. The number of hydrogen-bond donors (Lipinski definition) is 2. The highest BCUT2D eigenvalue weighted by Crippen LogP contribution is 2.44. The highest BCUT2D eigenvalue weighted by atomic mass is 16.4. The number of rotatable bonds is 6. The van der Waals surface area contributed by atoms with Crippen molar-refractivity contribution in [2.75, 3.05) is 5.32 Å². The molecule has 4 heteroatoms. The number of carbonyl (C=O) groups excluding carboxylic acids is 1. The first kappa shape index (κ1) is 16.5. The lowest BCUT2D eigenvalue weighted by molar-refractivity contribution is -0.140. The number of aliphatic carboxylic acids is 1. The topological polar surface area (TPSA) is 66.4 Å². The number of amides is 1. The maximum absolute atomic E-state index is 12.4. The number of anilines is 1. The molecule has 0 aromatic heterocycles. The quantitative estimate of drug-likeness (QED) is 0.828. The molecule has 0 radical (unpaired) electrons. The number of nitrogens with one attached hydrogen (secondary N) is 1. The molecule has 120 valence electrons. The van der Waals surface area contributed by atoms with Crippen molar-refractivity contribution < 1.29 is 14.7 Å². The molecule has 0 unspecified atom stereocenters. The number of carbonyl (C=O) groups is 2. The van der Waals surface area contributed by atoms with Crippen molar-refractivity contribution in [1.82, 2.24) is 0 Å². The van der Waals surface area contributed by atoms with Crippen LogP contribution in [0.3, 0.4) is 0 Å². The van der Waals surface area contributed by atoms with Crippen LogP contribution in [0.15, 0.2) is 24.3 Å². The van der Waals surface area contributed by atoms with Crippen molar-refractivity contribution in [1.29, 1.82) is 0 Å². The van der Waals surface area contributed by atoms with Gasteiger partial charge in [0.1, 0.15) is 0 Å². The molecular formula is C18H25NO3. The summed E-state index contributed by atoms with van der Waals surface area (Å²) in [5.74, 6) is -0.551. The molecule has 1 saturated carbocycles. The zero-order chi connectivity index (χ0) is 16.2. The number of carboxylic acid groups (broad SMARTS) is 1. The van der Waals surface area contributed by atoms with Gasteiger partial charge < -0.3 is 10.4 Å². The molecule has 0 atom stereocenters. The van der Waals surface area contributed by atoms with E-state index in [1.165, 1.54) is 0 Å². The molecule has 22 heavy (non-hydrogen) atoms. The number of carboxylic acids is 1. The second-order valence-corrected chi connectivity index (χ2v) is 6.74. The Bertz CT molecular complexity index is 545. The Labute approximate surface area is 131 Å². The van der Waals surface area contributed by atoms with Gasteiger partial charge in [-0.3, -0.25) is 9.59 Å². The molecule has 1 aromatic rings. The molecule has 0 spiro atoms. The third-order valence-corrected chi connectivity index (χ3v) is 4.58. The third kappa shape index (κ3) is 4.09. The number of hydrogen-bond acceptors (Lipinski definition) is 2. The summed E-state index contributed by atoms with van der Waals surface area (Å²) in [6, 6.07) is 7.80. The Morgan fingerprint density at radius 1 is 1.18 bits per heavy atom. The fourth-order valence-electron chi connectivity index (χ4n) is 3.51. The lowest BCUT2D eigenvalue weighted by atomic mass is 9.79. The monoisotopic (exact) mass is 303 g/mol. The van der Waals surface area contributed by atoms with Crippen LogP contribution in [0.2, 0.25) is 0 Å². The molecule has 2 rings (SSSR count). The Kier molecular flexibility index (Phi) is 5.22. The predicted octanol–water partition coefficient (Wildman–Crippen LogP) is 4.17. The first-order valence-electron chi connectivity index (χ1n) is 8.02. The van der Waals surface area contributed by atoms with Gasteiger partial charge in [0.2, 0.25) is 5.91 Å². The van der Waals surface area contributed by atoms with Crippen LogP contribution in [0.5, 0.6) is 0 Å². The summed E-state index contributed by atoms with van der Waals surface area (Å²) in [5.41, 5.74) is 1.59. The van der Waals surface area contributed by atoms with Gasteiger partial charge in [0.25, 0.3) is 0 Å². The summed E-state index contributed by atoms with van der Waals surface area (Å²) in [4.78, 5) is 23.5. The van der Waals surface area contributed by atoms with Crippen LogP contribution in [0.1, 0.15) is 63.9 Å². The van der Waals surface area contributed by atoms with Crippen molar-refractivity contribution >= 4 is 17.6 Å². The van der Waals surface area contributed by atoms with Crippen LogP contribution >= 0.6 is 0 Å². The lowest BCUT2D eigenvalue weighted by Gasteiger charge is -2.26. The molecule has 2 N–H and O–H groups in total. The van der Waals surface area contributed by atoms with Gasteiger partial charge in [0.05, 0.1) is 6.42 Å². The Balaban J connectivity index is 2.07. The number of benzene rings is 1. The summed E-state index contributed by atoms with van der Waals surface area (Å²) in [5, 5.41) is 12.1. The van der Waals surface area contributed by atoms with E-state index < -0.39 is 5.97 Å². The third-order valence-electron chi connectivity index (χ3n) is 4.58. The molecule has 1 aromatic carbocycles. The summed E-state index contributed by atoms with van der Waals surface area (Å²) in [7, 11) is 0. The van der Waals surface area contributed by atoms with Crippen molar-refractivity contribution in [2.24, 2.45) is 5.41 Å². The molecule has 1 aliphatic carbocycles. The van der Waals surface area contributed by atoms with Crippen molar-refractivity contribution in [2.45, 2.75) is 58.3 Å². The second kappa shape index (κ2) is 6.95. The van der Waals surface area contributed by atoms with E-state index in [-0.39, 0.29) is 17.7 Å². The maximum atomic E-state index is 12.4. The summed E-state index contributed by atoms with van der Waals surface area (Å²) < 4.78 is 0. The van der Waals surface area contributed by atoms with Crippen LogP contribution in [-0.2, 0) is 9.59 Å². The molecule has 1 aliphatic rings. The maximum Gasteiger partial charge on any atom is 0.303 e. The molecule has 1 fully saturated rings. The van der Waals surface area contributed by atoms with E-state index >= 15 is 0 Å². The summed E-state index contributed by atoms with van der Waals surface area (Å²) >= 11 is 0. The fraction of sp³-hybridized carbons (Fsp3) is 0.556. The first-order valence-corrected chi connectivity index (χ1v) is 8.02. The van der Waals surface area contributed by atoms with E-state index in [4.69, 9.17) is 5.11 Å². The van der Waals surface area contributed by atoms with Crippen molar-refractivity contribution in [3.8, 4) is 0 Å². The fourth-order valence-corrected chi connectivity index (χ4v) is 3.51. The zero-order valence-electron chi connectivity index (χ0n) is 13.4. The minimum atomic E-state index is -0.808. The SMILES string of the molecule is CC(C)c1ccccc1NC(=O)CC1(CC(=O)O)CCCC1. The van der Waals surface area contributed by atoms with Gasteiger partial charge in [-0.1, -0.05) is 44.9 Å². The number of para-hydroxylation sites is 1. The highest BCUT2D eigenvalue weighted by Gasteiger charge is 2.38. The van der Waals surface area contributed by atoms with E-state index in [1.54, 1.807) is 0 Å². The largest absolute Gasteiger partial charge is 0.481 e. The highest BCUT2D eigenvalue weighted by molar-refractivity contribution is 5.92. The van der Waals surface area contributed by atoms with Crippen LogP contribution < -0.4 is 5.32 Å². The molecule has 0 heterocycles. The second-order valence-electron chi connectivity index (χ2n) is 6.74. The van der Waals surface area contributed by atoms with Crippen molar-refractivity contribution in [3.63, 3.8) is 0 Å². The van der Waals surface area contributed by atoms with Gasteiger partial charge >= 0.3 is 5.97 Å². The van der Waals surface area contributed by atoms with E-state index in [2.05, 4.69) is 19.2 Å². The van der Waals surface area contributed by atoms with E-state index in [0.29, 0.717) is 12.3 Å². The van der Waals surface area contributed by atoms with Gasteiger partial charge in [-0.15, -0.1) is 0 Å². The minimum absolute atomic E-state index is 0.0729. The zero-order valence-corrected chi connectivity index (χ0v) is 13.4. The van der Waals surface area contributed by atoms with Crippen LogP contribution in [-0.4, -0.2) is 17.0 Å². The molecular weight excluding hydrogens is 278 g/mol. The molecule has 1 amide bonds. The Hall–Kier alpha value is -1.84. The summed E-state index contributed by atoms with van der Waals surface area (Å²) in [6.07, 6.45) is 4.08. The molecule has 0 saturated heterocycles. The molecule has 4 nitrogen and oxygen atoms in total. The Morgan fingerprint density at radius 2 is 1.82 bits per heavy atom. The normalized spacial score (nSPS) is 16.7. The van der Waals surface area contributed by atoms with Crippen LogP contribution in [0, 0.1) is 5.41 Å². The van der Waals surface area contributed by atoms with Gasteiger partial charge in [-0.25, -0.2) is 0 Å². The average molecular weight is 303 g/mol. The minimum Gasteiger partial charge on any atom is -0.481 e. The van der Waals surface area contributed by atoms with E-state index in [9.17, 15) is 9.59 Å². The molecule has 0 aliphatic heterocycles. The predicted molar refractivity (Wildman–Crippen MR) is 86.9 cm³/mol. The van der Waals surface area contributed by atoms with Gasteiger partial charge in [-0.05, 0) is 35.8 Å². The standard InChI is InChI=1S/C18H25NO3/c1-13(2)14-7-3-4-8-15(14)19-16(20)11-18(12-17(21)22)9-5-6-10-18/h3-4,7-8,13H,5-6,9-12H2,1-2H3,(H,19,20)(H,21,22). The molecule has 0 bridgehead atoms. The first-order chi connectivity index (χ1) is 10.4. The van der Waals surface area contributed by atoms with Gasteiger partial charge in [0, 0.05) is 12.1 Å². The van der Waals surface area contributed by atoms with Crippen LogP contribution in [0.25, 0.3) is 0 Å². The average Bonchev–Trinajstić information content (AvgIpc) is 2.85. The van der Waals surface area contributed by atoms with Crippen molar-refractivity contribution in [3.05, 3.63) is 29.8 Å².